The molecule has 0 spiro atoms. The standard InChI is InChI=1S/C22H31N3O5/c1-6-14(3)25(15(4)7-2)19(26)12-24-20(27)22(5,23-21(24)28)11-16-8-9-17-18(10-16)30-13-29-17/h8-10,14-15H,6-7,11-13H2,1-5H3,(H,23,28)/t14-,15+,22-/m1/s1. The van der Waals surface area contributed by atoms with Crippen LogP contribution in [0.1, 0.15) is 53.0 Å². The molecule has 0 unspecified atom stereocenters. The molecule has 8 nitrogen and oxygen atoms in total. The summed E-state index contributed by atoms with van der Waals surface area (Å²) in [6, 6.07) is 4.99. The molecule has 0 radical (unpaired) electrons. The van der Waals surface area contributed by atoms with Crippen molar-refractivity contribution in [2.75, 3.05) is 13.3 Å². The van der Waals surface area contributed by atoms with Crippen molar-refractivity contribution < 1.29 is 23.9 Å². The predicted octanol–water partition coefficient (Wildman–Crippen LogP) is 2.69. The highest BCUT2D eigenvalue weighted by molar-refractivity contribution is 6.09. The number of rotatable bonds is 8. The van der Waals surface area contributed by atoms with E-state index in [-0.39, 0.29) is 31.3 Å². The van der Waals surface area contributed by atoms with Gasteiger partial charge in [0.25, 0.3) is 5.91 Å². The van der Waals surface area contributed by atoms with Crippen LogP contribution < -0.4 is 14.8 Å². The summed E-state index contributed by atoms with van der Waals surface area (Å²) in [4.78, 5) is 41.6. The average molecular weight is 418 g/mol. The maximum Gasteiger partial charge on any atom is 0.325 e. The average Bonchev–Trinajstić information content (AvgIpc) is 3.25. The smallest absolute Gasteiger partial charge is 0.325 e. The van der Waals surface area contributed by atoms with Crippen LogP contribution in [0.3, 0.4) is 0 Å². The van der Waals surface area contributed by atoms with E-state index in [2.05, 4.69) is 5.32 Å². The van der Waals surface area contributed by atoms with Gasteiger partial charge in [-0.3, -0.25) is 14.5 Å². The van der Waals surface area contributed by atoms with E-state index in [4.69, 9.17) is 9.47 Å². The summed E-state index contributed by atoms with van der Waals surface area (Å²) >= 11 is 0. The fraction of sp³-hybridized carbons (Fsp3) is 0.591. The summed E-state index contributed by atoms with van der Waals surface area (Å²) in [5.41, 5.74) is -0.285. The zero-order chi connectivity index (χ0) is 22.1. The van der Waals surface area contributed by atoms with E-state index in [1.165, 1.54) is 0 Å². The Morgan fingerprint density at radius 3 is 2.43 bits per heavy atom. The molecular weight excluding hydrogens is 386 g/mol. The van der Waals surface area contributed by atoms with E-state index in [1.54, 1.807) is 17.9 Å². The van der Waals surface area contributed by atoms with Gasteiger partial charge in [-0.1, -0.05) is 19.9 Å². The molecule has 30 heavy (non-hydrogen) atoms. The molecular formula is C22H31N3O5. The zero-order valence-corrected chi connectivity index (χ0v) is 18.4. The topological polar surface area (TPSA) is 88.2 Å². The number of benzene rings is 1. The quantitative estimate of drug-likeness (QED) is 0.657. The van der Waals surface area contributed by atoms with Gasteiger partial charge in [0.1, 0.15) is 12.1 Å². The third-order valence-corrected chi connectivity index (χ3v) is 6.05. The van der Waals surface area contributed by atoms with Gasteiger partial charge in [0, 0.05) is 18.5 Å². The Hall–Kier alpha value is -2.77. The molecule has 2 aliphatic rings. The molecule has 4 amide bonds. The number of carbonyl (C=O) groups excluding carboxylic acids is 3. The van der Waals surface area contributed by atoms with Crippen molar-refractivity contribution in [3.05, 3.63) is 23.8 Å². The van der Waals surface area contributed by atoms with Crippen LogP contribution in [0.15, 0.2) is 18.2 Å². The summed E-state index contributed by atoms with van der Waals surface area (Å²) in [5, 5.41) is 2.77. The molecule has 1 aromatic carbocycles. The molecule has 2 heterocycles. The lowest BCUT2D eigenvalue weighted by Crippen LogP contribution is -2.50. The molecule has 1 aromatic rings. The summed E-state index contributed by atoms with van der Waals surface area (Å²) < 4.78 is 10.7. The number of ether oxygens (including phenoxy) is 2. The van der Waals surface area contributed by atoms with Crippen molar-refractivity contribution in [1.82, 2.24) is 15.1 Å². The summed E-state index contributed by atoms with van der Waals surface area (Å²) in [5.74, 6) is 0.673. The van der Waals surface area contributed by atoms with Crippen LogP contribution in [0.4, 0.5) is 4.79 Å². The van der Waals surface area contributed by atoms with Crippen molar-refractivity contribution >= 4 is 17.8 Å². The van der Waals surface area contributed by atoms with Crippen molar-refractivity contribution in [1.29, 1.82) is 0 Å². The van der Waals surface area contributed by atoms with Crippen LogP contribution in [0.25, 0.3) is 0 Å². The van der Waals surface area contributed by atoms with E-state index in [1.807, 2.05) is 39.8 Å². The second kappa shape index (κ2) is 8.53. The Morgan fingerprint density at radius 1 is 1.17 bits per heavy atom. The first-order chi connectivity index (χ1) is 14.2. The van der Waals surface area contributed by atoms with Crippen LogP contribution >= 0.6 is 0 Å². The Labute approximate surface area is 177 Å². The van der Waals surface area contributed by atoms with Gasteiger partial charge in [0.2, 0.25) is 12.7 Å². The monoisotopic (exact) mass is 417 g/mol. The first-order valence-corrected chi connectivity index (χ1v) is 10.5. The van der Waals surface area contributed by atoms with E-state index in [0.717, 1.165) is 23.3 Å². The van der Waals surface area contributed by atoms with Crippen molar-refractivity contribution in [3.8, 4) is 11.5 Å². The van der Waals surface area contributed by atoms with Gasteiger partial charge in [-0.2, -0.15) is 0 Å². The van der Waals surface area contributed by atoms with E-state index >= 15 is 0 Å². The fourth-order valence-electron chi connectivity index (χ4n) is 4.01. The van der Waals surface area contributed by atoms with Crippen LogP contribution in [0.5, 0.6) is 11.5 Å². The minimum Gasteiger partial charge on any atom is -0.454 e. The number of amides is 4. The second-order valence-electron chi connectivity index (χ2n) is 8.33. The number of carbonyl (C=O) groups is 3. The first-order valence-electron chi connectivity index (χ1n) is 10.5. The summed E-state index contributed by atoms with van der Waals surface area (Å²) in [6.07, 6.45) is 1.90. The number of fused-ring (bicyclic) bond motifs is 1. The number of hydrogen-bond acceptors (Lipinski definition) is 5. The summed E-state index contributed by atoms with van der Waals surface area (Å²) in [7, 11) is 0. The maximum absolute atomic E-state index is 13.1. The largest absolute Gasteiger partial charge is 0.454 e. The number of urea groups is 1. The highest BCUT2D eigenvalue weighted by Crippen LogP contribution is 2.34. The molecule has 0 saturated carbocycles. The van der Waals surface area contributed by atoms with E-state index in [9.17, 15) is 14.4 Å². The van der Waals surface area contributed by atoms with Crippen LogP contribution in [0.2, 0.25) is 0 Å². The maximum atomic E-state index is 13.1. The Balaban J connectivity index is 1.74. The molecule has 164 valence electrons. The van der Waals surface area contributed by atoms with Crippen LogP contribution in [-0.2, 0) is 16.0 Å². The minimum absolute atomic E-state index is 0.0354. The van der Waals surface area contributed by atoms with Gasteiger partial charge >= 0.3 is 6.03 Å². The van der Waals surface area contributed by atoms with Gasteiger partial charge in [0.15, 0.2) is 11.5 Å². The molecule has 1 saturated heterocycles. The fourth-order valence-corrected chi connectivity index (χ4v) is 4.01. The normalized spacial score (nSPS) is 22.1. The van der Waals surface area contributed by atoms with Gasteiger partial charge < -0.3 is 19.7 Å². The van der Waals surface area contributed by atoms with Crippen molar-refractivity contribution in [3.63, 3.8) is 0 Å². The molecule has 0 bridgehead atoms. The second-order valence-corrected chi connectivity index (χ2v) is 8.33. The van der Waals surface area contributed by atoms with Gasteiger partial charge in [-0.05, 0) is 51.3 Å². The van der Waals surface area contributed by atoms with E-state index in [0.29, 0.717) is 17.9 Å². The van der Waals surface area contributed by atoms with Crippen LogP contribution in [-0.4, -0.2) is 58.6 Å². The zero-order valence-electron chi connectivity index (χ0n) is 18.4. The molecule has 3 atom stereocenters. The molecule has 1 fully saturated rings. The number of imide groups is 1. The molecule has 2 aliphatic heterocycles. The van der Waals surface area contributed by atoms with E-state index < -0.39 is 17.5 Å². The third kappa shape index (κ3) is 4.08. The third-order valence-electron chi connectivity index (χ3n) is 6.05. The van der Waals surface area contributed by atoms with Gasteiger partial charge in [-0.15, -0.1) is 0 Å². The number of nitrogens with zero attached hydrogens (tertiary/aromatic N) is 2. The molecule has 3 rings (SSSR count). The molecule has 1 N–H and O–H groups in total. The van der Waals surface area contributed by atoms with Crippen molar-refractivity contribution in [2.24, 2.45) is 0 Å². The molecule has 0 aliphatic carbocycles. The van der Waals surface area contributed by atoms with Gasteiger partial charge in [-0.25, -0.2) is 4.79 Å². The molecule has 0 aromatic heterocycles. The van der Waals surface area contributed by atoms with Gasteiger partial charge in [0.05, 0.1) is 0 Å². The Morgan fingerprint density at radius 2 is 1.80 bits per heavy atom. The first kappa shape index (κ1) is 21.9. The minimum atomic E-state index is -1.12. The van der Waals surface area contributed by atoms with Crippen molar-refractivity contribution in [2.45, 2.75) is 71.5 Å². The lowest BCUT2D eigenvalue weighted by molar-refractivity contribution is -0.141. The molecule has 8 heteroatoms. The number of nitrogens with one attached hydrogen (secondary N) is 1. The Bertz CT molecular complexity index is 832. The number of hydrogen-bond donors (Lipinski definition) is 1. The highest BCUT2D eigenvalue weighted by Gasteiger charge is 2.48. The highest BCUT2D eigenvalue weighted by atomic mass is 16.7. The summed E-state index contributed by atoms with van der Waals surface area (Å²) in [6.45, 7) is 9.61. The lowest BCUT2D eigenvalue weighted by Gasteiger charge is -2.35. The van der Waals surface area contributed by atoms with Crippen LogP contribution in [0, 0.1) is 0 Å². The SMILES string of the molecule is CC[C@@H](C)N(C(=O)CN1C(=O)N[C@](C)(Cc2ccc3c(c2)OCO3)C1=O)[C@@H](C)CC. The predicted molar refractivity (Wildman–Crippen MR) is 111 cm³/mol. The lowest BCUT2D eigenvalue weighted by atomic mass is 9.92. The Kier molecular flexibility index (Phi) is 6.24.